The largest absolute Gasteiger partial charge is 0.321 e. The van der Waals surface area contributed by atoms with Crippen LogP contribution in [0, 0.1) is 11.6 Å². The standard InChI is InChI=1S/C15H11F2N/c16-13-10-14(17)15(18-7-3-4-8-18)9-12(13)11-5-1-2-6-11/h1-11H. The highest BCUT2D eigenvalue weighted by atomic mass is 19.1. The molecule has 0 fully saturated rings. The van der Waals surface area contributed by atoms with Gasteiger partial charge >= 0.3 is 0 Å². The van der Waals surface area contributed by atoms with Gasteiger partial charge in [0.25, 0.3) is 0 Å². The van der Waals surface area contributed by atoms with Crippen LogP contribution in [-0.4, -0.2) is 4.57 Å². The van der Waals surface area contributed by atoms with Crippen LogP contribution in [0.5, 0.6) is 0 Å². The molecule has 0 amide bonds. The zero-order valence-electron chi connectivity index (χ0n) is 9.55. The predicted molar refractivity (Wildman–Crippen MR) is 66.7 cm³/mol. The lowest BCUT2D eigenvalue weighted by Crippen LogP contribution is -2.01. The SMILES string of the molecule is Fc1cc(F)c(-n2cccc2)cc1C1C=CC=C1. The smallest absolute Gasteiger partial charge is 0.150 e. The van der Waals surface area contributed by atoms with Crippen LogP contribution in [0.25, 0.3) is 5.69 Å². The van der Waals surface area contributed by atoms with Gasteiger partial charge in [0.2, 0.25) is 0 Å². The second kappa shape index (κ2) is 4.26. The van der Waals surface area contributed by atoms with Crippen LogP contribution in [0.1, 0.15) is 11.5 Å². The van der Waals surface area contributed by atoms with Crippen molar-refractivity contribution in [3.63, 3.8) is 0 Å². The molecule has 0 N–H and O–H groups in total. The summed E-state index contributed by atoms with van der Waals surface area (Å²) in [4.78, 5) is 0. The van der Waals surface area contributed by atoms with Crippen LogP contribution in [0.3, 0.4) is 0 Å². The molecule has 2 aromatic rings. The summed E-state index contributed by atoms with van der Waals surface area (Å²) >= 11 is 0. The first-order valence-electron chi connectivity index (χ1n) is 5.73. The Balaban J connectivity index is 2.13. The average Bonchev–Trinajstić information content (AvgIpc) is 3.01. The molecule has 1 aliphatic carbocycles. The van der Waals surface area contributed by atoms with Crippen LogP contribution >= 0.6 is 0 Å². The second-order valence-electron chi connectivity index (χ2n) is 4.21. The van der Waals surface area contributed by atoms with E-state index in [1.54, 1.807) is 35.2 Å². The van der Waals surface area contributed by atoms with Gasteiger partial charge in [0.1, 0.15) is 11.6 Å². The van der Waals surface area contributed by atoms with E-state index in [1.165, 1.54) is 0 Å². The maximum absolute atomic E-state index is 13.8. The average molecular weight is 243 g/mol. The van der Waals surface area contributed by atoms with Crippen LogP contribution in [-0.2, 0) is 0 Å². The van der Waals surface area contributed by atoms with E-state index in [9.17, 15) is 8.78 Å². The number of allylic oxidation sites excluding steroid dienone is 4. The minimum atomic E-state index is -0.557. The number of nitrogens with zero attached hydrogens (tertiary/aromatic N) is 1. The molecule has 0 atom stereocenters. The zero-order chi connectivity index (χ0) is 12.5. The fraction of sp³-hybridized carbons (Fsp3) is 0.0667. The summed E-state index contributed by atoms with van der Waals surface area (Å²) in [5.74, 6) is -1.18. The van der Waals surface area contributed by atoms with E-state index in [0.29, 0.717) is 11.3 Å². The molecule has 0 saturated heterocycles. The molecule has 3 rings (SSSR count). The molecule has 0 spiro atoms. The van der Waals surface area contributed by atoms with E-state index in [0.717, 1.165) is 6.07 Å². The van der Waals surface area contributed by atoms with Crippen molar-refractivity contribution in [2.75, 3.05) is 0 Å². The van der Waals surface area contributed by atoms with E-state index in [2.05, 4.69) is 0 Å². The van der Waals surface area contributed by atoms with Gasteiger partial charge in [-0.2, -0.15) is 0 Å². The number of rotatable bonds is 2. The van der Waals surface area contributed by atoms with E-state index in [1.807, 2.05) is 24.3 Å². The lowest BCUT2D eigenvalue weighted by molar-refractivity contribution is 0.567. The summed E-state index contributed by atoms with van der Waals surface area (Å²) < 4.78 is 29.2. The predicted octanol–water partition coefficient (Wildman–Crippen LogP) is 3.97. The number of benzene rings is 1. The van der Waals surface area contributed by atoms with Crippen molar-refractivity contribution >= 4 is 0 Å². The number of hydrogen-bond donors (Lipinski definition) is 0. The van der Waals surface area contributed by atoms with Crippen LogP contribution in [0.4, 0.5) is 8.78 Å². The molecule has 0 saturated carbocycles. The Labute approximate surface area is 104 Å². The van der Waals surface area contributed by atoms with Crippen LogP contribution < -0.4 is 0 Å². The fourth-order valence-electron chi connectivity index (χ4n) is 2.14. The molecule has 0 aliphatic heterocycles. The lowest BCUT2D eigenvalue weighted by Gasteiger charge is -2.12. The molecule has 0 radical (unpaired) electrons. The minimum absolute atomic E-state index is 0.111. The van der Waals surface area contributed by atoms with Gasteiger partial charge in [-0.15, -0.1) is 0 Å². The maximum atomic E-state index is 13.8. The minimum Gasteiger partial charge on any atom is -0.321 e. The third kappa shape index (κ3) is 1.78. The third-order valence-electron chi connectivity index (χ3n) is 3.06. The van der Waals surface area contributed by atoms with Gasteiger partial charge < -0.3 is 4.57 Å². The summed E-state index contributed by atoms with van der Waals surface area (Å²) in [6.07, 6.45) is 11.0. The van der Waals surface area contributed by atoms with E-state index < -0.39 is 11.6 Å². The molecule has 1 heterocycles. The normalized spacial score (nSPS) is 14.6. The summed E-state index contributed by atoms with van der Waals surface area (Å²) in [6.45, 7) is 0. The quantitative estimate of drug-likeness (QED) is 0.752. The maximum Gasteiger partial charge on any atom is 0.150 e. The van der Waals surface area contributed by atoms with E-state index >= 15 is 0 Å². The van der Waals surface area contributed by atoms with Crippen molar-refractivity contribution in [3.8, 4) is 5.69 Å². The summed E-state index contributed by atoms with van der Waals surface area (Å²) in [5.41, 5.74) is 0.857. The first kappa shape index (κ1) is 11.0. The number of aromatic nitrogens is 1. The Morgan fingerprint density at radius 1 is 0.889 bits per heavy atom. The van der Waals surface area contributed by atoms with E-state index in [4.69, 9.17) is 0 Å². The van der Waals surface area contributed by atoms with Crippen LogP contribution in [0.2, 0.25) is 0 Å². The Morgan fingerprint density at radius 3 is 2.22 bits per heavy atom. The van der Waals surface area contributed by atoms with Crippen molar-refractivity contribution in [2.45, 2.75) is 5.92 Å². The van der Waals surface area contributed by atoms with Crippen molar-refractivity contribution in [2.24, 2.45) is 0 Å². The van der Waals surface area contributed by atoms with Gasteiger partial charge in [-0.1, -0.05) is 24.3 Å². The lowest BCUT2D eigenvalue weighted by atomic mass is 9.99. The Hall–Kier alpha value is -2.16. The highest BCUT2D eigenvalue weighted by Crippen LogP contribution is 2.29. The molecule has 0 bridgehead atoms. The first-order chi connectivity index (χ1) is 8.75. The molecule has 3 heteroatoms. The van der Waals surface area contributed by atoms with Gasteiger partial charge in [-0.3, -0.25) is 0 Å². The van der Waals surface area contributed by atoms with Gasteiger partial charge in [-0.05, 0) is 18.2 Å². The summed E-state index contributed by atoms with van der Waals surface area (Å²) in [7, 11) is 0. The van der Waals surface area contributed by atoms with E-state index in [-0.39, 0.29) is 5.92 Å². The third-order valence-corrected chi connectivity index (χ3v) is 3.06. The monoisotopic (exact) mass is 243 g/mol. The number of halogens is 2. The van der Waals surface area contributed by atoms with Crippen LogP contribution in [0.15, 0.2) is 61.0 Å². The topological polar surface area (TPSA) is 4.93 Å². The zero-order valence-corrected chi connectivity index (χ0v) is 9.55. The molecular weight excluding hydrogens is 232 g/mol. The molecule has 1 nitrogen and oxygen atoms in total. The molecule has 1 aliphatic rings. The Morgan fingerprint density at radius 2 is 1.56 bits per heavy atom. The molecule has 1 aromatic carbocycles. The molecule has 18 heavy (non-hydrogen) atoms. The Kier molecular flexibility index (Phi) is 2.59. The van der Waals surface area contributed by atoms with Gasteiger partial charge in [0.15, 0.2) is 0 Å². The van der Waals surface area contributed by atoms with Gasteiger partial charge in [0, 0.05) is 29.9 Å². The highest BCUT2D eigenvalue weighted by molar-refractivity contribution is 5.44. The summed E-state index contributed by atoms with van der Waals surface area (Å²) in [5, 5.41) is 0. The molecular formula is C15H11F2N. The highest BCUT2D eigenvalue weighted by Gasteiger charge is 2.16. The molecule has 90 valence electrons. The number of hydrogen-bond acceptors (Lipinski definition) is 0. The molecule has 1 aromatic heterocycles. The van der Waals surface area contributed by atoms with Crippen molar-refractivity contribution in [1.82, 2.24) is 4.57 Å². The first-order valence-corrected chi connectivity index (χ1v) is 5.73. The van der Waals surface area contributed by atoms with Crippen molar-refractivity contribution in [1.29, 1.82) is 0 Å². The fourth-order valence-corrected chi connectivity index (χ4v) is 2.14. The van der Waals surface area contributed by atoms with Gasteiger partial charge in [-0.25, -0.2) is 8.78 Å². The van der Waals surface area contributed by atoms with Crippen molar-refractivity contribution < 1.29 is 8.78 Å². The second-order valence-corrected chi connectivity index (χ2v) is 4.21. The van der Waals surface area contributed by atoms with Crippen molar-refractivity contribution in [3.05, 3.63) is 78.2 Å². The molecule has 0 unspecified atom stereocenters. The Bertz CT molecular complexity index is 612. The summed E-state index contributed by atoms with van der Waals surface area (Å²) in [6, 6.07) is 6.12. The van der Waals surface area contributed by atoms with Gasteiger partial charge in [0.05, 0.1) is 5.69 Å².